The van der Waals surface area contributed by atoms with Gasteiger partial charge >= 0.3 is 0 Å². The second-order valence-corrected chi connectivity index (χ2v) is 7.50. The van der Waals surface area contributed by atoms with E-state index in [9.17, 15) is 8.78 Å². The number of benzene rings is 2. The molecule has 4 N–H and O–H groups in total. The molecule has 0 radical (unpaired) electrons. The van der Waals surface area contributed by atoms with Gasteiger partial charge in [0, 0.05) is 53.0 Å². The number of aromatic nitrogens is 3. The lowest BCUT2D eigenvalue weighted by molar-refractivity contribution is -0.0262. The average molecular weight is 419 g/mol. The van der Waals surface area contributed by atoms with Gasteiger partial charge in [0.25, 0.3) is 5.92 Å². The molecule has 0 unspecified atom stereocenters. The van der Waals surface area contributed by atoms with E-state index in [1.54, 1.807) is 35.4 Å². The fourth-order valence-electron chi connectivity index (χ4n) is 3.61. The summed E-state index contributed by atoms with van der Waals surface area (Å²) in [7, 11) is 0. The Labute approximate surface area is 176 Å². The van der Waals surface area contributed by atoms with Crippen LogP contribution in [0.15, 0.2) is 61.1 Å². The Bertz CT molecular complexity index is 1270. The number of fused-ring (bicyclic) bond motifs is 1. The maximum atomic E-state index is 13.1. The van der Waals surface area contributed by atoms with Crippen LogP contribution in [0.1, 0.15) is 5.56 Å². The van der Waals surface area contributed by atoms with Crippen molar-refractivity contribution >= 4 is 34.7 Å². The molecule has 9 heteroatoms. The van der Waals surface area contributed by atoms with Crippen molar-refractivity contribution in [3.63, 3.8) is 0 Å². The number of halogens is 2. The molecule has 7 nitrogen and oxygen atoms in total. The van der Waals surface area contributed by atoms with E-state index >= 15 is 0 Å². The third kappa shape index (κ3) is 3.54. The summed E-state index contributed by atoms with van der Waals surface area (Å²) in [5.41, 5.74) is 10.9. The van der Waals surface area contributed by atoms with Crippen molar-refractivity contribution in [3.8, 4) is 11.3 Å². The summed E-state index contributed by atoms with van der Waals surface area (Å²) < 4.78 is 28.1. The van der Waals surface area contributed by atoms with Gasteiger partial charge in [0.15, 0.2) is 11.5 Å². The van der Waals surface area contributed by atoms with Crippen LogP contribution in [-0.4, -0.2) is 39.6 Å². The predicted octanol–water partition coefficient (Wildman–Crippen LogP) is 4.18. The molecule has 4 aromatic rings. The van der Waals surface area contributed by atoms with Crippen LogP contribution in [0, 0.1) is 5.41 Å². The highest BCUT2D eigenvalue weighted by Gasteiger charge is 2.43. The molecule has 0 saturated carbocycles. The van der Waals surface area contributed by atoms with Gasteiger partial charge in [-0.05, 0) is 30.3 Å². The van der Waals surface area contributed by atoms with E-state index in [1.165, 1.54) is 6.21 Å². The second-order valence-electron chi connectivity index (χ2n) is 7.50. The number of hydrogen-bond donors (Lipinski definition) is 3. The van der Waals surface area contributed by atoms with Gasteiger partial charge in [-0.15, -0.1) is 0 Å². The standard InChI is InChI=1S/C22H19F2N7/c23-22(24)12-31(13-22)17-5-3-16(4-6-17)28-20-21-27-7-8-30(21)11-19(29-20)14-1-2-15(10-25)18(26)9-14/h1-11,25H,12-13,26H2,(H,28,29). The summed E-state index contributed by atoms with van der Waals surface area (Å²) >= 11 is 0. The van der Waals surface area contributed by atoms with E-state index in [-0.39, 0.29) is 13.1 Å². The van der Waals surface area contributed by atoms with Gasteiger partial charge in [0.2, 0.25) is 0 Å². The number of nitrogen functional groups attached to an aromatic ring is 1. The summed E-state index contributed by atoms with van der Waals surface area (Å²) in [4.78, 5) is 10.7. The minimum atomic E-state index is -2.60. The summed E-state index contributed by atoms with van der Waals surface area (Å²) in [6, 6.07) is 12.7. The molecule has 3 heterocycles. The number of imidazole rings is 1. The van der Waals surface area contributed by atoms with Crippen molar-refractivity contribution in [2.45, 2.75) is 5.92 Å². The lowest BCUT2D eigenvalue weighted by Gasteiger charge is -2.40. The monoisotopic (exact) mass is 419 g/mol. The lowest BCUT2D eigenvalue weighted by Crippen LogP contribution is -2.56. The van der Waals surface area contributed by atoms with Crippen LogP contribution in [0.2, 0.25) is 0 Å². The summed E-state index contributed by atoms with van der Waals surface area (Å²) in [5, 5.41) is 10.7. The quantitative estimate of drug-likeness (QED) is 0.333. The van der Waals surface area contributed by atoms with Crippen LogP contribution < -0.4 is 16.0 Å². The highest BCUT2D eigenvalue weighted by Crippen LogP contribution is 2.33. The highest BCUT2D eigenvalue weighted by molar-refractivity contribution is 5.87. The van der Waals surface area contributed by atoms with Crippen molar-refractivity contribution in [1.29, 1.82) is 5.41 Å². The smallest absolute Gasteiger partial charge is 0.282 e. The van der Waals surface area contributed by atoms with Crippen molar-refractivity contribution in [1.82, 2.24) is 14.4 Å². The molecule has 2 aromatic heterocycles. The minimum Gasteiger partial charge on any atom is -0.398 e. The first-order valence-electron chi connectivity index (χ1n) is 9.66. The lowest BCUT2D eigenvalue weighted by atomic mass is 10.1. The van der Waals surface area contributed by atoms with E-state index in [2.05, 4.69) is 10.3 Å². The number of nitrogens with zero attached hydrogens (tertiary/aromatic N) is 4. The summed E-state index contributed by atoms with van der Waals surface area (Å²) in [5.74, 6) is -2.05. The fraction of sp³-hybridized carbons (Fsp3) is 0.136. The molecule has 31 heavy (non-hydrogen) atoms. The number of nitrogens with one attached hydrogen (secondary N) is 2. The first-order chi connectivity index (χ1) is 14.9. The molecule has 1 saturated heterocycles. The van der Waals surface area contributed by atoms with Crippen LogP contribution >= 0.6 is 0 Å². The Morgan fingerprint density at radius 2 is 1.90 bits per heavy atom. The van der Waals surface area contributed by atoms with Crippen LogP contribution in [0.4, 0.5) is 31.7 Å². The van der Waals surface area contributed by atoms with E-state index in [0.717, 1.165) is 16.9 Å². The van der Waals surface area contributed by atoms with Gasteiger partial charge in [-0.2, -0.15) is 0 Å². The molecule has 0 aliphatic carbocycles. The molecule has 1 aliphatic heterocycles. The first kappa shape index (κ1) is 19.0. The van der Waals surface area contributed by atoms with Crippen LogP contribution in [0.5, 0.6) is 0 Å². The average Bonchev–Trinajstić information content (AvgIpc) is 3.21. The second kappa shape index (κ2) is 7.05. The summed E-state index contributed by atoms with van der Waals surface area (Å²) in [6.07, 6.45) is 6.59. The topological polar surface area (TPSA) is 95.3 Å². The zero-order valence-electron chi connectivity index (χ0n) is 16.4. The van der Waals surface area contributed by atoms with Gasteiger partial charge < -0.3 is 25.8 Å². The molecular weight excluding hydrogens is 400 g/mol. The Balaban J connectivity index is 1.45. The first-order valence-corrected chi connectivity index (χ1v) is 9.66. The van der Waals surface area contributed by atoms with Gasteiger partial charge in [0.05, 0.1) is 18.8 Å². The molecule has 0 bridgehead atoms. The molecular formula is C22H19F2N7. The molecule has 2 aromatic carbocycles. The molecule has 0 atom stereocenters. The predicted molar refractivity (Wildman–Crippen MR) is 118 cm³/mol. The SMILES string of the molecule is N=Cc1ccc(-c2cn3ccnc3c(Nc3ccc(N4CC(F)(F)C4)cc3)n2)cc1N. The number of rotatable bonds is 5. The molecule has 1 fully saturated rings. The third-order valence-electron chi connectivity index (χ3n) is 5.25. The number of alkyl halides is 2. The zero-order chi connectivity index (χ0) is 21.6. The molecule has 1 aliphatic rings. The summed E-state index contributed by atoms with van der Waals surface area (Å²) in [6.45, 7) is -0.504. The highest BCUT2D eigenvalue weighted by atomic mass is 19.3. The van der Waals surface area contributed by atoms with Gasteiger partial charge in [-0.1, -0.05) is 12.1 Å². The van der Waals surface area contributed by atoms with Gasteiger partial charge in [0.1, 0.15) is 0 Å². The molecule has 0 amide bonds. The third-order valence-corrected chi connectivity index (χ3v) is 5.25. The van der Waals surface area contributed by atoms with Crippen molar-refractivity contribution in [2.75, 3.05) is 29.0 Å². The Hall–Kier alpha value is -4.01. The fourth-order valence-corrected chi connectivity index (χ4v) is 3.61. The van der Waals surface area contributed by atoms with E-state index in [4.69, 9.17) is 16.1 Å². The Kier molecular flexibility index (Phi) is 4.32. The number of hydrogen-bond acceptors (Lipinski definition) is 6. The van der Waals surface area contributed by atoms with Crippen molar-refractivity contribution in [2.24, 2.45) is 0 Å². The molecule has 0 spiro atoms. The maximum Gasteiger partial charge on any atom is 0.282 e. The van der Waals surface area contributed by atoms with E-state index < -0.39 is 5.92 Å². The Morgan fingerprint density at radius 1 is 1.13 bits per heavy atom. The maximum absolute atomic E-state index is 13.1. The van der Waals surface area contributed by atoms with Crippen molar-refractivity contribution in [3.05, 3.63) is 66.6 Å². The molecule has 156 valence electrons. The van der Waals surface area contributed by atoms with Gasteiger partial charge in [-0.25, -0.2) is 18.7 Å². The van der Waals surface area contributed by atoms with Crippen molar-refractivity contribution < 1.29 is 8.78 Å². The Morgan fingerprint density at radius 3 is 2.58 bits per heavy atom. The number of nitrogens with two attached hydrogens (primary N) is 1. The van der Waals surface area contributed by atoms with Gasteiger partial charge in [-0.3, -0.25) is 0 Å². The minimum absolute atomic E-state index is 0.252. The normalized spacial score (nSPS) is 15.0. The van der Waals surface area contributed by atoms with Crippen LogP contribution in [0.25, 0.3) is 16.9 Å². The van der Waals surface area contributed by atoms with E-state index in [0.29, 0.717) is 28.4 Å². The van der Waals surface area contributed by atoms with Crippen LogP contribution in [0.3, 0.4) is 0 Å². The van der Waals surface area contributed by atoms with Crippen LogP contribution in [-0.2, 0) is 0 Å². The number of anilines is 4. The largest absolute Gasteiger partial charge is 0.398 e. The van der Waals surface area contributed by atoms with E-state index in [1.807, 2.05) is 35.0 Å². The zero-order valence-corrected chi connectivity index (χ0v) is 16.4. The molecule has 5 rings (SSSR count).